The summed E-state index contributed by atoms with van der Waals surface area (Å²) in [6.45, 7) is 10.3. The first-order valence-electron chi connectivity index (χ1n) is 8.69. The van der Waals surface area contributed by atoms with Gasteiger partial charge in [0.2, 0.25) is 0 Å². The summed E-state index contributed by atoms with van der Waals surface area (Å²) in [5.41, 5.74) is -0.387. The molecule has 0 atom stereocenters. The summed E-state index contributed by atoms with van der Waals surface area (Å²) in [5.74, 6) is -0.283. The van der Waals surface area contributed by atoms with Crippen LogP contribution in [0.2, 0.25) is 0 Å². The molecule has 0 aromatic carbocycles. The van der Waals surface area contributed by atoms with Crippen molar-refractivity contribution in [2.45, 2.75) is 46.1 Å². The van der Waals surface area contributed by atoms with Crippen molar-refractivity contribution in [3.05, 3.63) is 11.8 Å². The molecule has 0 radical (unpaired) electrons. The second kappa shape index (κ2) is 7.34. The molecule has 138 valence electrons. The second-order valence-electron chi connectivity index (χ2n) is 7.73. The molecule has 2 saturated heterocycles. The summed E-state index contributed by atoms with van der Waals surface area (Å²) in [6.07, 6.45) is 2.61. The number of amides is 2. The summed E-state index contributed by atoms with van der Waals surface area (Å²) < 4.78 is 10.4. The van der Waals surface area contributed by atoms with Gasteiger partial charge in [0, 0.05) is 31.6 Å². The van der Waals surface area contributed by atoms with Crippen LogP contribution >= 0.6 is 0 Å². The number of nitrogens with zero attached hydrogens (tertiary/aromatic N) is 3. The molecule has 25 heavy (non-hydrogen) atoms. The van der Waals surface area contributed by atoms with Crippen molar-refractivity contribution in [3.63, 3.8) is 0 Å². The highest BCUT2D eigenvalue weighted by atomic mass is 16.6. The van der Waals surface area contributed by atoms with Crippen LogP contribution in [0.5, 0.6) is 0 Å². The molecule has 0 aliphatic carbocycles. The van der Waals surface area contributed by atoms with E-state index in [1.165, 1.54) is 6.26 Å². The number of carbonyl (C=O) groups excluding carboxylic acids is 2. The predicted octanol–water partition coefficient (Wildman–Crippen LogP) is 2.29. The molecule has 0 aromatic rings. The van der Waals surface area contributed by atoms with Crippen LogP contribution in [0.25, 0.3) is 0 Å². The van der Waals surface area contributed by atoms with Crippen molar-refractivity contribution in [2.24, 2.45) is 5.41 Å². The lowest BCUT2D eigenvalue weighted by atomic mass is 9.72. The normalized spacial score (nSPS) is 19.9. The average molecular weight is 349 g/mol. The molecule has 2 amide bonds. The van der Waals surface area contributed by atoms with Gasteiger partial charge in [-0.15, -0.1) is 0 Å². The largest absolute Gasteiger partial charge is 0.500 e. The van der Waals surface area contributed by atoms with Gasteiger partial charge in [-0.25, -0.2) is 4.79 Å². The minimum Gasteiger partial charge on any atom is -0.500 e. The Labute approximate surface area is 149 Å². The SMILES string of the molecule is CCOC=C(C#N)C(=O)N1CCC2(CC1)CN(C(=O)OC(C)(C)C)C2. The van der Waals surface area contributed by atoms with Crippen molar-refractivity contribution < 1.29 is 19.1 Å². The Morgan fingerprint density at radius 3 is 2.28 bits per heavy atom. The zero-order valence-electron chi connectivity index (χ0n) is 15.5. The third-order valence-corrected chi connectivity index (χ3v) is 4.53. The lowest BCUT2D eigenvalue weighted by Gasteiger charge is -2.53. The fourth-order valence-corrected chi connectivity index (χ4v) is 3.18. The Bertz CT molecular complexity index is 584. The van der Waals surface area contributed by atoms with Crippen LogP contribution in [-0.2, 0) is 14.3 Å². The van der Waals surface area contributed by atoms with Gasteiger partial charge in [0.25, 0.3) is 5.91 Å². The van der Waals surface area contributed by atoms with Crippen molar-refractivity contribution in [1.82, 2.24) is 9.80 Å². The molecule has 2 aliphatic rings. The van der Waals surface area contributed by atoms with Crippen LogP contribution in [0.3, 0.4) is 0 Å². The van der Waals surface area contributed by atoms with Crippen LogP contribution in [0, 0.1) is 16.7 Å². The first-order chi connectivity index (χ1) is 11.7. The maximum absolute atomic E-state index is 12.4. The van der Waals surface area contributed by atoms with E-state index in [-0.39, 0.29) is 23.0 Å². The number of hydrogen-bond donors (Lipinski definition) is 0. The first-order valence-corrected chi connectivity index (χ1v) is 8.69. The third kappa shape index (κ3) is 4.65. The minimum atomic E-state index is -0.490. The first kappa shape index (κ1) is 19.1. The number of piperidine rings is 1. The summed E-state index contributed by atoms with van der Waals surface area (Å²) in [6, 6.07) is 1.90. The predicted molar refractivity (Wildman–Crippen MR) is 91.4 cm³/mol. The number of nitriles is 1. The fourth-order valence-electron chi connectivity index (χ4n) is 3.18. The van der Waals surface area contributed by atoms with Gasteiger partial charge in [-0.1, -0.05) is 0 Å². The summed E-state index contributed by atoms with van der Waals surface area (Å²) in [4.78, 5) is 27.8. The van der Waals surface area contributed by atoms with Gasteiger partial charge >= 0.3 is 6.09 Å². The molecular weight excluding hydrogens is 322 g/mol. The molecule has 2 fully saturated rings. The lowest BCUT2D eigenvalue weighted by molar-refractivity contribution is -0.131. The summed E-state index contributed by atoms with van der Waals surface area (Å²) in [7, 11) is 0. The minimum absolute atomic E-state index is 0.0294. The van der Waals surface area contributed by atoms with Gasteiger partial charge in [-0.05, 0) is 40.5 Å². The molecular formula is C18H27N3O4. The lowest BCUT2D eigenvalue weighted by Crippen LogP contribution is -2.62. The van der Waals surface area contributed by atoms with Gasteiger partial charge in [-0.3, -0.25) is 4.79 Å². The molecule has 0 N–H and O–H groups in total. The van der Waals surface area contributed by atoms with E-state index < -0.39 is 5.60 Å². The molecule has 7 heteroatoms. The summed E-state index contributed by atoms with van der Waals surface area (Å²) in [5, 5.41) is 9.10. The maximum atomic E-state index is 12.4. The number of likely N-dealkylation sites (tertiary alicyclic amines) is 2. The van der Waals surface area contributed by atoms with Crippen LogP contribution in [0.1, 0.15) is 40.5 Å². The molecule has 0 bridgehead atoms. The highest BCUT2D eigenvalue weighted by Gasteiger charge is 2.48. The molecule has 1 spiro atoms. The van der Waals surface area contributed by atoms with E-state index >= 15 is 0 Å². The Morgan fingerprint density at radius 2 is 1.80 bits per heavy atom. The number of rotatable bonds is 3. The van der Waals surface area contributed by atoms with E-state index in [1.54, 1.807) is 16.7 Å². The highest BCUT2D eigenvalue weighted by molar-refractivity contribution is 5.97. The van der Waals surface area contributed by atoms with E-state index in [0.29, 0.717) is 32.8 Å². The average Bonchev–Trinajstić information content (AvgIpc) is 2.51. The van der Waals surface area contributed by atoms with Crippen LogP contribution < -0.4 is 0 Å². The van der Waals surface area contributed by atoms with Crippen LogP contribution in [-0.4, -0.2) is 60.2 Å². The zero-order chi connectivity index (χ0) is 18.7. The Hall–Kier alpha value is -2.23. The van der Waals surface area contributed by atoms with Gasteiger partial charge in [-0.2, -0.15) is 5.26 Å². The van der Waals surface area contributed by atoms with E-state index in [2.05, 4.69) is 0 Å². The van der Waals surface area contributed by atoms with Crippen molar-refractivity contribution in [2.75, 3.05) is 32.8 Å². The van der Waals surface area contributed by atoms with E-state index in [9.17, 15) is 9.59 Å². The molecule has 7 nitrogen and oxygen atoms in total. The number of hydrogen-bond acceptors (Lipinski definition) is 5. The maximum Gasteiger partial charge on any atom is 0.410 e. The molecule has 2 aliphatic heterocycles. The van der Waals surface area contributed by atoms with Crippen molar-refractivity contribution in [3.8, 4) is 6.07 Å². The molecule has 0 saturated carbocycles. The molecule has 0 unspecified atom stereocenters. The smallest absolute Gasteiger partial charge is 0.410 e. The molecule has 0 aromatic heterocycles. The number of ether oxygens (including phenoxy) is 2. The summed E-state index contributed by atoms with van der Waals surface area (Å²) >= 11 is 0. The number of carbonyl (C=O) groups is 2. The van der Waals surface area contributed by atoms with E-state index in [0.717, 1.165) is 12.8 Å². The Kier molecular flexibility index (Phi) is 5.61. The highest BCUT2D eigenvalue weighted by Crippen LogP contribution is 2.41. The van der Waals surface area contributed by atoms with Gasteiger partial charge in [0.05, 0.1) is 6.61 Å². The van der Waals surface area contributed by atoms with E-state index in [4.69, 9.17) is 14.7 Å². The second-order valence-corrected chi connectivity index (χ2v) is 7.73. The van der Waals surface area contributed by atoms with Gasteiger partial charge in [0.1, 0.15) is 17.9 Å². The van der Waals surface area contributed by atoms with E-state index in [1.807, 2.05) is 26.8 Å². The Balaban J connectivity index is 1.84. The van der Waals surface area contributed by atoms with Gasteiger partial charge < -0.3 is 19.3 Å². The van der Waals surface area contributed by atoms with Crippen molar-refractivity contribution >= 4 is 12.0 Å². The van der Waals surface area contributed by atoms with Crippen LogP contribution in [0.4, 0.5) is 4.79 Å². The van der Waals surface area contributed by atoms with Gasteiger partial charge in [0.15, 0.2) is 5.57 Å². The molecule has 2 heterocycles. The quantitative estimate of drug-likeness (QED) is 0.443. The van der Waals surface area contributed by atoms with Crippen molar-refractivity contribution in [1.29, 1.82) is 5.26 Å². The monoisotopic (exact) mass is 349 g/mol. The standard InChI is InChI=1S/C18H27N3O4/c1-5-24-11-14(10-19)15(22)20-8-6-18(7-9-20)12-21(13-18)16(23)25-17(2,3)4/h11H,5-9,12-13H2,1-4H3. The van der Waals surface area contributed by atoms with Crippen LogP contribution in [0.15, 0.2) is 11.8 Å². The topological polar surface area (TPSA) is 82.9 Å². The molecule has 2 rings (SSSR count). The fraction of sp³-hybridized carbons (Fsp3) is 0.722. The third-order valence-electron chi connectivity index (χ3n) is 4.53. The Morgan fingerprint density at radius 1 is 1.20 bits per heavy atom. The zero-order valence-corrected chi connectivity index (χ0v) is 15.5.